The summed E-state index contributed by atoms with van der Waals surface area (Å²) in [4.78, 5) is 12.3. The van der Waals surface area contributed by atoms with Crippen molar-refractivity contribution in [1.29, 1.82) is 5.26 Å². The molecule has 0 fully saturated rings. The van der Waals surface area contributed by atoms with Gasteiger partial charge in [-0.1, -0.05) is 26.0 Å². The second-order valence-corrected chi connectivity index (χ2v) is 4.48. The summed E-state index contributed by atoms with van der Waals surface area (Å²) in [5.74, 6) is 0.0892. The first-order valence-electron chi connectivity index (χ1n) is 6.83. The number of nitriles is 1. The maximum Gasteiger partial charge on any atom is 0.157 e. The second kappa shape index (κ2) is 7.58. The minimum Gasteiger partial charge on any atom is -0.494 e. The molecule has 0 bridgehead atoms. The first-order valence-corrected chi connectivity index (χ1v) is 6.83. The molecule has 0 spiro atoms. The number of Topliss-reactive ketones (excluding diaryl/α,β-unsaturated/α-hetero) is 1. The van der Waals surface area contributed by atoms with Crippen molar-refractivity contribution in [2.24, 2.45) is 5.92 Å². The predicted octanol–water partition coefficient (Wildman–Crippen LogP) is 3.70. The van der Waals surface area contributed by atoms with E-state index in [9.17, 15) is 10.1 Å². The average Bonchev–Trinajstić information content (AvgIpc) is 2.43. The Bertz CT molecular complexity index is 441. The topological polar surface area (TPSA) is 50.1 Å². The summed E-state index contributed by atoms with van der Waals surface area (Å²) in [5, 5.41) is 9.26. The number of rotatable bonds is 7. The highest BCUT2D eigenvalue weighted by Gasteiger charge is 2.25. The number of benzene rings is 1. The highest BCUT2D eigenvalue weighted by atomic mass is 16.5. The molecule has 1 rings (SSSR count). The van der Waals surface area contributed by atoms with Crippen LogP contribution in [-0.4, -0.2) is 12.4 Å². The van der Waals surface area contributed by atoms with Gasteiger partial charge in [0.05, 0.1) is 12.7 Å². The van der Waals surface area contributed by atoms with Crippen molar-refractivity contribution in [3.05, 3.63) is 29.8 Å². The van der Waals surface area contributed by atoms with E-state index in [1.54, 1.807) is 12.1 Å². The summed E-state index contributed by atoms with van der Waals surface area (Å²) >= 11 is 0. The summed E-state index contributed by atoms with van der Waals surface area (Å²) in [6.45, 7) is 6.49. The Morgan fingerprint density at radius 1 is 1.21 bits per heavy atom. The van der Waals surface area contributed by atoms with Crippen LogP contribution in [0.5, 0.6) is 5.75 Å². The summed E-state index contributed by atoms with van der Waals surface area (Å²) < 4.78 is 5.36. The van der Waals surface area contributed by atoms with Crippen molar-refractivity contribution in [3.8, 4) is 11.8 Å². The maximum absolute atomic E-state index is 12.3. The van der Waals surface area contributed by atoms with Gasteiger partial charge in [0.1, 0.15) is 11.7 Å². The number of carbonyl (C=O) groups excluding carboxylic acids is 1. The third-order valence-corrected chi connectivity index (χ3v) is 3.33. The quantitative estimate of drug-likeness (QED) is 0.750. The molecule has 0 heterocycles. The van der Waals surface area contributed by atoms with Gasteiger partial charge in [0, 0.05) is 5.92 Å². The Morgan fingerprint density at radius 2 is 1.79 bits per heavy atom. The van der Waals surface area contributed by atoms with Gasteiger partial charge in [-0.3, -0.25) is 4.79 Å². The van der Waals surface area contributed by atoms with Gasteiger partial charge in [0.2, 0.25) is 0 Å². The molecule has 0 aliphatic heterocycles. The number of hydrogen-bond acceptors (Lipinski definition) is 3. The normalized spacial score (nSPS) is 11.9. The van der Waals surface area contributed by atoms with Gasteiger partial charge in [-0.15, -0.1) is 0 Å². The molecule has 0 amide bonds. The van der Waals surface area contributed by atoms with Crippen LogP contribution in [0.2, 0.25) is 0 Å². The van der Waals surface area contributed by atoms with E-state index in [2.05, 4.69) is 6.07 Å². The molecule has 0 aromatic heterocycles. The SMILES string of the molecule is CCOc1ccc(C(C#N)C(=O)C(CC)CC)cc1. The number of carbonyl (C=O) groups is 1. The fourth-order valence-electron chi connectivity index (χ4n) is 2.15. The van der Waals surface area contributed by atoms with E-state index >= 15 is 0 Å². The maximum atomic E-state index is 12.3. The zero-order valence-electron chi connectivity index (χ0n) is 11.8. The van der Waals surface area contributed by atoms with E-state index in [-0.39, 0.29) is 11.7 Å². The Labute approximate surface area is 115 Å². The Hall–Kier alpha value is -1.82. The number of ether oxygens (including phenoxy) is 1. The van der Waals surface area contributed by atoms with Crippen molar-refractivity contribution in [2.75, 3.05) is 6.61 Å². The van der Waals surface area contributed by atoms with Crippen LogP contribution in [0.25, 0.3) is 0 Å². The fourth-order valence-corrected chi connectivity index (χ4v) is 2.15. The monoisotopic (exact) mass is 259 g/mol. The molecule has 0 saturated carbocycles. The zero-order valence-corrected chi connectivity index (χ0v) is 11.8. The van der Waals surface area contributed by atoms with Crippen LogP contribution < -0.4 is 4.74 Å². The number of nitrogens with zero attached hydrogens (tertiary/aromatic N) is 1. The lowest BCUT2D eigenvalue weighted by atomic mass is 9.85. The second-order valence-electron chi connectivity index (χ2n) is 4.48. The van der Waals surface area contributed by atoms with Crippen molar-refractivity contribution >= 4 is 5.78 Å². The van der Waals surface area contributed by atoms with Crippen LogP contribution in [0.15, 0.2) is 24.3 Å². The zero-order chi connectivity index (χ0) is 14.3. The van der Waals surface area contributed by atoms with Crippen LogP contribution in [0.3, 0.4) is 0 Å². The van der Waals surface area contributed by atoms with E-state index < -0.39 is 5.92 Å². The van der Waals surface area contributed by atoms with E-state index in [4.69, 9.17) is 4.74 Å². The fraction of sp³-hybridized carbons (Fsp3) is 0.500. The third-order valence-electron chi connectivity index (χ3n) is 3.33. The molecule has 19 heavy (non-hydrogen) atoms. The minimum atomic E-state index is -0.666. The molecule has 0 radical (unpaired) electrons. The highest BCUT2D eigenvalue weighted by Crippen LogP contribution is 2.25. The number of hydrogen-bond donors (Lipinski definition) is 0. The lowest BCUT2D eigenvalue weighted by Crippen LogP contribution is -2.20. The Balaban J connectivity index is 2.91. The summed E-state index contributed by atoms with van der Waals surface area (Å²) in [5.41, 5.74) is 0.753. The van der Waals surface area contributed by atoms with E-state index in [0.29, 0.717) is 6.61 Å². The average molecular weight is 259 g/mol. The molecule has 102 valence electrons. The van der Waals surface area contributed by atoms with E-state index in [1.807, 2.05) is 32.9 Å². The Kier molecular flexibility index (Phi) is 6.08. The molecule has 1 atom stereocenters. The molecular weight excluding hydrogens is 238 g/mol. The summed E-state index contributed by atoms with van der Waals surface area (Å²) in [6.07, 6.45) is 1.56. The van der Waals surface area contributed by atoms with Crippen molar-refractivity contribution in [1.82, 2.24) is 0 Å². The van der Waals surface area contributed by atoms with Crippen molar-refractivity contribution < 1.29 is 9.53 Å². The smallest absolute Gasteiger partial charge is 0.157 e. The van der Waals surface area contributed by atoms with Crippen molar-refractivity contribution in [3.63, 3.8) is 0 Å². The van der Waals surface area contributed by atoms with Crippen molar-refractivity contribution in [2.45, 2.75) is 39.5 Å². The van der Waals surface area contributed by atoms with Crippen LogP contribution in [0.1, 0.15) is 45.1 Å². The molecule has 3 heteroatoms. The molecule has 0 aliphatic carbocycles. The van der Waals surface area contributed by atoms with Gasteiger partial charge in [-0.2, -0.15) is 5.26 Å². The first-order chi connectivity index (χ1) is 9.17. The van der Waals surface area contributed by atoms with Gasteiger partial charge >= 0.3 is 0 Å². The summed E-state index contributed by atoms with van der Waals surface area (Å²) in [6, 6.07) is 9.36. The molecule has 1 aromatic rings. The lowest BCUT2D eigenvalue weighted by Gasteiger charge is -2.16. The van der Waals surface area contributed by atoms with E-state index in [1.165, 1.54) is 0 Å². The largest absolute Gasteiger partial charge is 0.494 e. The van der Waals surface area contributed by atoms with Gasteiger partial charge < -0.3 is 4.74 Å². The van der Waals surface area contributed by atoms with Crippen LogP contribution in [-0.2, 0) is 4.79 Å². The van der Waals surface area contributed by atoms with Gasteiger partial charge in [-0.25, -0.2) is 0 Å². The molecule has 1 aromatic carbocycles. The van der Waals surface area contributed by atoms with Gasteiger partial charge in [0.15, 0.2) is 5.78 Å². The van der Waals surface area contributed by atoms with Crippen LogP contribution >= 0.6 is 0 Å². The van der Waals surface area contributed by atoms with Crippen LogP contribution in [0.4, 0.5) is 0 Å². The highest BCUT2D eigenvalue weighted by molar-refractivity contribution is 5.90. The molecule has 1 unspecified atom stereocenters. The molecule has 0 N–H and O–H groups in total. The Morgan fingerprint density at radius 3 is 2.21 bits per heavy atom. The minimum absolute atomic E-state index is 0.0247. The van der Waals surface area contributed by atoms with Gasteiger partial charge in [-0.05, 0) is 37.5 Å². The number of ketones is 1. The van der Waals surface area contributed by atoms with Crippen LogP contribution in [0, 0.1) is 17.2 Å². The molecule has 3 nitrogen and oxygen atoms in total. The molecule has 0 saturated heterocycles. The molecule has 0 aliphatic rings. The summed E-state index contributed by atoms with van der Waals surface area (Å²) in [7, 11) is 0. The first kappa shape index (κ1) is 15.2. The third kappa shape index (κ3) is 3.82. The standard InChI is InChI=1S/C16H21NO2/c1-4-12(5-2)16(18)15(11-17)13-7-9-14(10-8-13)19-6-3/h7-10,12,15H,4-6H2,1-3H3. The van der Waals surface area contributed by atoms with E-state index in [0.717, 1.165) is 24.2 Å². The lowest BCUT2D eigenvalue weighted by molar-refractivity contribution is -0.123. The van der Waals surface area contributed by atoms with Gasteiger partial charge in [0.25, 0.3) is 0 Å². The molecular formula is C16H21NO2. The predicted molar refractivity (Wildman–Crippen MR) is 75.0 cm³/mol.